The SMILES string of the molecule is CCCN(Cc1cccc(O)c1)C(=N)CC1=CC(C)CC=C1.Cc1ccccc1. The molecule has 3 nitrogen and oxygen atoms in total. The van der Waals surface area contributed by atoms with Gasteiger partial charge in [0.1, 0.15) is 11.6 Å². The quantitative estimate of drug-likeness (QED) is 0.437. The minimum atomic E-state index is 0.284. The van der Waals surface area contributed by atoms with Gasteiger partial charge in [-0.15, -0.1) is 0 Å². The Bertz CT molecular complexity index is 824. The molecular formula is C26H34N2O. The normalized spacial score (nSPS) is 15.1. The largest absolute Gasteiger partial charge is 0.508 e. The van der Waals surface area contributed by atoms with Crippen LogP contribution in [0.2, 0.25) is 0 Å². The number of aromatic hydroxyl groups is 1. The van der Waals surface area contributed by atoms with Gasteiger partial charge in [-0.05, 0) is 49.0 Å². The molecule has 0 spiro atoms. The number of phenols is 1. The number of allylic oxidation sites excluding steroid dienone is 3. The molecule has 0 amide bonds. The van der Waals surface area contributed by atoms with Gasteiger partial charge in [-0.1, -0.05) is 80.1 Å². The van der Waals surface area contributed by atoms with Crippen molar-refractivity contribution in [3.05, 3.63) is 89.5 Å². The molecule has 0 saturated heterocycles. The minimum Gasteiger partial charge on any atom is -0.508 e. The highest BCUT2D eigenvalue weighted by atomic mass is 16.3. The molecule has 1 atom stereocenters. The Morgan fingerprint density at radius 2 is 1.90 bits per heavy atom. The topological polar surface area (TPSA) is 47.3 Å². The Morgan fingerprint density at radius 1 is 1.14 bits per heavy atom. The molecule has 0 bridgehead atoms. The van der Waals surface area contributed by atoms with Gasteiger partial charge in [0.05, 0.1) is 0 Å². The second-order valence-corrected chi connectivity index (χ2v) is 7.73. The third-order valence-electron chi connectivity index (χ3n) is 4.81. The third-order valence-corrected chi connectivity index (χ3v) is 4.81. The predicted molar refractivity (Wildman–Crippen MR) is 123 cm³/mol. The highest BCUT2D eigenvalue weighted by Crippen LogP contribution is 2.20. The van der Waals surface area contributed by atoms with Crippen molar-refractivity contribution in [3.8, 4) is 5.75 Å². The van der Waals surface area contributed by atoms with E-state index in [1.165, 1.54) is 11.1 Å². The zero-order chi connectivity index (χ0) is 21.1. The predicted octanol–water partition coefficient (Wildman–Crippen LogP) is 6.49. The Hall–Kier alpha value is -2.81. The molecule has 3 rings (SSSR count). The first kappa shape index (κ1) is 22.5. The number of amidine groups is 1. The van der Waals surface area contributed by atoms with Crippen LogP contribution in [0.3, 0.4) is 0 Å². The Balaban J connectivity index is 0.000000360. The lowest BCUT2D eigenvalue weighted by atomic mass is 9.96. The summed E-state index contributed by atoms with van der Waals surface area (Å²) in [4.78, 5) is 2.10. The fourth-order valence-corrected chi connectivity index (χ4v) is 3.34. The zero-order valence-electron chi connectivity index (χ0n) is 17.9. The van der Waals surface area contributed by atoms with Crippen molar-refractivity contribution >= 4 is 5.84 Å². The van der Waals surface area contributed by atoms with Crippen LogP contribution in [0.1, 0.15) is 44.2 Å². The van der Waals surface area contributed by atoms with Crippen LogP contribution in [-0.2, 0) is 6.54 Å². The molecule has 1 unspecified atom stereocenters. The fourth-order valence-electron chi connectivity index (χ4n) is 3.34. The van der Waals surface area contributed by atoms with Gasteiger partial charge in [-0.25, -0.2) is 0 Å². The molecule has 3 heteroatoms. The molecule has 2 N–H and O–H groups in total. The molecule has 0 aromatic heterocycles. The summed E-state index contributed by atoms with van der Waals surface area (Å²) in [7, 11) is 0. The summed E-state index contributed by atoms with van der Waals surface area (Å²) in [6.07, 6.45) is 9.40. The molecule has 0 heterocycles. The number of nitrogens with zero attached hydrogens (tertiary/aromatic N) is 1. The number of hydrogen-bond acceptors (Lipinski definition) is 2. The van der Waals surface area contributed by atoms with Crippen LogP contribution < -0.4 is 0 Å². The highest BCUT2D eigenvalue weighted by Gasteiger charge is 2.13. The summed E-state index contributed by atoms with van der Waals surface area (Å²) < 4.78 is 0. The first-order valence-electron chi connectivity index (χ1n) is 10.5. The summed E-state index contributed by atoms with van der Waals surface area (Å²) >= 11 is 0. The van der Waals surface area contributed by atoms with Crippen molar-refractivity contribution in [1.29, 1.82) is 5.41 Å². The van der Waals surface area contributed by atoms with Crippen molar-refractivity contribution < 1.29 is 5.11 Å². The van der Waals surface area contributed by atoms with Gasteiger partial charge in [0.25, 0.3) is 0 Å². The number of rotatable bonds is 6. The number of aryl methyl sites for hydroxylation is 1. The molecule has 154 valence electrons. The summed E-state index contributed by atoms with van der Waals surface area (Å²) in [6, 6.07) is 17.6. The van der Waals surface area contributed by atoms with Crippen molar-refractivity contribution in [2.24, 2.45) is 5.92 Å². The van der Waals surface area contributed by atoms with E-state index in [0.29, 0.717) is 24.7 Å². The van der Waals surface area contributed by atoms with Crippen molar-refractivity contribution in [2.75, 3.05) is 6.54 Å². The first-order chi connectivity index (χ1) is 14.0. The Morgan fingerprint density at radius 3 is 2.48 bits per heavy atom. The van der Waals surface area contributed by atoms with Gasteiger partial charge in [-0.2, -0.15) is 0 Å². The maximum absolute atomic E-state index is 9.59. The van der Waals surface area contributed by atoms with E-state index in [9.17, 15) is 5.11 Å². The summed E-state index contributed by atoms with van der Waals surface area (Å²) in [5.41, 5.74) is 3.60. The average molecular weight is 391 g/mol. The van der Waals surface area contributed by atoms with Crippen LogP contribution in [0, 0.1) is 18.3 Å². The molecule has 0 radical (unpaired) electrons. The van der Waals surface area contributed by atoms with Gasteiger partial charge in [0, 0.05) is 19.5 Å². The number of benzene rings is 2. The third kappa shape index (κ3) is 8.39. The minimum absolute atomic E-state index is 0.284. The second kappa shape index (κ2) is 11.9. The van der Waals surface area contributed by atoms with E-state index in [2.05, 4.69) is 56.0 Å². The molecule has 0 aliphatic heterocycles. The smallest absolute Gasteiger partial charge is 0.115 e. The van der Waals surface area contributed by atoms with Crippen LogP contribution in [0.4, 0.5) is 0 Å². The molecule has 1 aliphatic carbocycles. The van der Waals surface area contributed by atoms with E-state index in [-0.39, 0.29) is 5.75 Å². The van der Waals surface area contributed by atoms with E-state index in [1.54, 1.807) is 12.1 Å². The first-order valence-corrected chi connectivity index (χ1v) is 10.5. The fraction of sp³-hybridized carbons (Fsp3) is 0.346. The summed E-state index contributed by atoms with van der Waals surface area (Å²) in [6.45, 7) is 7.96. The van der Waals surface area contributed by atoms with E-state index >= 15 is 0 Å². The van der Waals surface area contributed by atoms with Gasteiger partial charge in [0.15, 0.2) is 0 Å². The molecular weight excluding hydrogens is 356 g/mol. The van der Waals surface area contributed by atoms with Crippen LogP contribution in [0.5, 0.6) is 5.75 Å². The lowest BCUT2D eigenvalue weighted by Crippen LogP contribution is -2.31. The van der Waals surface area contributed by atoms with Crippen molar-refractivity contribution in [1.82, 2.24) is 4.90 Å². The number of hydrogen-bond donors (Lipinski definition) is 2. The molecule has 0 saturated carbocycles. The van der Waals surface area contributed by atoms with Crippen LogP contribution in [0.15, 0.2) is 78.4 Å². The zero-order valence-corrected chi connectivity index (χ0v) is 17.9. The van der Waals surface area contributed by atoms with Crippen LogP contribution >= 0.6 is 0 Å². The van der Waals surface area contributed by atoms with E-state index in [0.717, 1.165) is 24.9 Å². The number of phenolic OH excluding ortho intramolecular Hbond substituents is 1. The maximum atomic E-state index is 9.59. The maximum Gasteiger partial charge on any atom is 0.115 e. The molecule has 0 fully saturated rings. The molecule has 1 aliphatic rings. The summed E-state index contributed by atoms with van der Waals surface area (Å²) in [5.74, 6) is 1.50. The van der Waals surface area contributed by atoms with E-state index in [1.807, 2.05) is 30.3 Å². The van der Waals surface area contributed by atoms with E-state index < -0.39 is 0 Å². The Kier molecular flexibility index (Phi) is 9.23. The van der Waals surface area contributed by atoms with Gasteiger partial charge in [-0.3, -0.25) is 5.41 Å². The van der Waals surface area contributed by atoms with Crippen LogP contribution in [0.25, 0.3) is 0 Å². The highest BCUT2D eigenvalue weighted by molar-refractivity contribution is 5.82. The van der Waals surface area contributed by atoms with Gasteiger partial charge in [0.2, 0.25) is 0 Å². The van der Waals surface area contributed by atoms with E-state index in [4.69, 9.17) is 5.41 Å². The monoisotopic (exact) mass is 390 g/mol. The van der Waals surface area contributed by atoms with Gasteiger partial charge >= 0.3 is 0 Å². The molecule has 2 aromatic rings. The molecule has 29 heavy (non-hydrogen) atoms. The standard InChI is InChI=1S/C19H26N2O.C7H8/c1-3-10-21(14-17-8-5-9-18(22)12-17)19(20)13-16-7-4-6-15(2)11-16;1-7-5-3-2-4-6-7/h4-5,7-9,11-12,15,20,22H,3,6,10,13-14H2,1-2H3;2-6H,1H3. The average Bonchev–Trinajstić information content (AvgIpc) is 2.69. The van der Waals surface area contributed by atoms with Crippen molar-refractivity contribution in [3.63, 3.8) is 0 Å². The van der Waals surface area contributed by atoms with Crippen molar-refractivity contribution in [2.45, 2.75) is 46.6 Å². The second-order valence-electron chi connectivity index (χ2n) is 7.73. The van der Waals surface area contributed by atoms with Gasteiger partial charge < -0.3 is 10.0 Å². The Labute approximate surface area is 175 Å². The number of nitrogens with one attached hydrogen (secondary N) is 1. The summed E-state index contributed by atoms with van der Waals surface area (Å²) in [5, 5.41) is 18.0. The molecule has 2 aromatic carbocycles. The van der Waals surface area contributed by atoms with Crippen LogP contribution in [-0.4, -0.2) is 22.4 Å². The lowest BCUT2D eigenvalue weighted by molar-refractivity contribution is 0.401. The lowest BCUT2D eigenvalue weighted by Gasteiger charge is -2.26.